The number of hydrogen-bond donors (Lipinski definition) is 2. The van der Waals surface area contributed by atoms with Crippen LogP contribution in [-0.4, -0.2) is 23.5 Å². The number of hydrogen-bond acceptors (Lipinski definition) is 4. The van der Waals surface area contributed by atoms with Crippen LogP contribution in [0.1, 0.15) is 20.3 Å². The van der Waals surface area contributed by atoms with E-state index < -0.39 is 0 Å². The Bertz CT molecular complexity index is 355. The quantitative estimate of drug-likeness (QED) is 0.779. The lowest BCUT2D eigenvalue weighted by Gasteiger charge is -2.12. The highest BCUT2D eigenvalue weighted by atomic mass is 16.5. The number of anilines is 1. The normalized spacial score (nSPS) is 11.9. The van der Waals surface area contributed by atoms with Crippen molar-refractivity contribution in [2.24, 2.45) is 0 Å². The van der Waals surface area contributed by atoms with Gasteiger partial charge in [0.05, 0.1) is 0 Å². The fourth-order valence-corrected chi connectivity index (χ4v) is 1.09. The van der Waals surface area contributed by atoms with E-state index in [1.54, 1.807) is 18.3 Å². The Kier molecular flexibility index (Phi) is 4.57. The zero-order valence-electron chi connectivity index (χ0n) is 9.56. The molecule has 1 amide bonds. The number of nitrogen functional groups attached to an aromatic ring is 1. The molecule has 0 aliphatic carbocycles. The van der Waals surface area contributed by atoms with Crippen LogP contribution in [-0.2, 0) is 4.79 Å². The SMILES string of the molecule is CCC(C)NC(=O)COc1cccnc1N. The van der Waals surface area contributed by atoms with E-state index in [-0.39, 0.29) is 18.6 Å². The van der Waals surface area contributed by atoms with Crippen molar-refractivity contribution in [3.8, 4) is 5.75 Å². The maximum Gasteiger partial charge on any atom is 0.258 e. The van der Waals surface area contributed by atoms with Crippen molar-refractivity contribution >= 4 is 11.7 Å². The number of nitrogens with one attached hydrogen (secondary N) is 1. The highest BCUT2D eigenvalue weighted by Crippen LogP contribution is 2.16. The van der Waals surface area contributed by atoms with Crippen molar-refractivity contribution < 1.29 is 9.53 Å². The number of ether oxygens (including phenoxy) is 1. The van der Waals surface area contributed by atoms with Gasteiger partial charge in [0.1, 0.15) is 0 Å². The summed E-state index contributed by atoms with van der Waals surface area (Å²) in [5, 5.41) is 2.79. The first-order valence-corrected chi connectivity index (χ1v) is 5.26. The molecule has 1 atom stereocenters. The van der Waals surface area contributed by atoms with E-state index in [9.17, 15) is 4.79 Å². The van der Waals surface area contributed by atoms with Gasteiger partial charge in [-0.2, -0.15) is 0 Å². The Hall–Kier alpha value is -1.78. The first-order valence-electron chi connectivity index (χ1n) is 5.26. The number of rotatable bonds is 5. The van der Waals surface area contributed by atoms with Crippen LogP contribution in [0.2, 0.25) is 0 Å². The third-order valence-corrected chi connectivity index (χ3v) is 2.18. The van der Waals surface area contributed by atoms with Crippen LogP contribution in [0.3, 0.4) is 0 Å². The fraction of sp³-hybridized carbons (Fsp3) is 0.455. The molecule has 0 aliphatic heterocycles. The van der Waals surface area contributed by atoms with Gasteiger partial charge in [0, 0.05) is 12.2 Å². The molecular weight excluding hydrogens is 206 g/mol. The first kappa shape index (κ1) is 12.3. The number of aromatic nitrogens is 1. The second-order valence-corrected chi connectivity index (χ2v) is 3.55. The van der Waals surface area contributed by atoms with Crippen molar-refractivity contribution in [2.45, 2.75) is 26.3 Å². The van der Waals surface area contributed by atoms with Gasteiger partial charge in [-0.3, -0.25) is 4.79 Å². The molecule has 1 aromatic rings. The highest BCUT2D eigenvalue weighted by Gasteiger charge is 2.07. The second-order valence-electron chi connectivity index (χ2n) is 3.55. The molecule has 0 aromatic carbocycles. The van der Waals surface area contributed by atoms with E-state index in [1.165, 1.54) is 0 Å². The average molecular weight is 223 g/mol. The molecule has 1 unspecified atom stereocenters. The Morgan fingerprint density at radius 3 is 3.06 bits per heavy atom. The van der Waals surface area contributed by atoms with Gasteiger partial charge in [-0.15, -0.1) is 0 Å². The largest absolute Gasteiger partial charge is 0.480 e. The van der Waals surface area contributed by atoms with E-state index >= 15 is 0 Å². The minimum absolute atomic E-state index is 0.0414. The fourth-order valence-electron chi connectivity index (χ4n) is 1.09. The third-order valence-electron chi connectivity index (χ3n) is 2.18. The lowest BCUT2D eigenvalue weighted by Crippen LogP contribution is -2.35. The van der Waals surface area contributed by atoms with Crippen molar-refractivity contribution in [1.82, 2.24) is 10.3 Å². The molecule has 0 aliphatic rings. The predicted octanol–water partition coefficient (Wildman–Crippen LogP) is 0.957. The molecule has 0 spiro atoms. The first-order chi connectivity index (χ1) is 7.63. The molecule has 0 saturated heterocycles. The summed E-state index contributed by atoms with van der Waals surface area (Å²) < 4.78 is 5.24. The second kappa shape index (κ2) is 5.95. The lowest BCUT2D eigenvalue weighted by molar-refractivity contribution is -0.123. The van der Waals surface area contributed by atoms with E-state index in [0.717, 1.165) is 6.42 Å². The Balaban J connectivity index is 2.40. The van der Waals surface area contributed by atoms with Gasteiger partial charge in [-0.05, 0) is 25.5 Å². The number of carbonyl (C=O) groups excluding carboxylic acids is 1. The van der Waals surface area contributed by atoms with Crippen LogP contribution in [0.25, 0.3) is 0 Å². The van der Waals surface area contributed by atoms with Crippen molar-refractivity contribution in [1.29, 1.82) is 0 Å². The van der Waals surface area contributed by atoms with Crippen molar-refractivity contribution in [3.63, 3.8) is 0 Å². The van der Waals surface area contributed by atoms with E-state index in [2.05, 4.69) is 10.3 Å². The molecule has 1 rings (SSSR count). The van der Waals surface area contributed by atoms with Gasteiger partial charge in [-0.25, -0.2) is 4.98 Å². The number of nitrogens with zero attached hydrogens (tertiary/aromatic N) is 1. The molecule has 3 N–H and O–H groups in total. The van der Waals surface area contributed by atoms with Crippen molar-refractivity contribution in [2.75, 3.05) is 12.3 Å². The summed E-state index contributed by atoms with van der Waals surface area (Å²) >= 11 is 0. The van der Waals surface area contributed by atoms with Crippen LogP contribution < -0.4 is 15.8 Å². The molecule has 0 bridgehead atoms. The van der Waals surface area contributed by atoms with Gasteiger partial charge in [0.25, 0.3) is 5.91 Å². The zero-order valence-corrected chi connectivity index (χ0v) is 9.56. The van der Waals surface area contributed by atoms with Crippen LogP contribution in [0.5, 0.6) is 5.75 Å². The summed E-state index contributed by atoms with van der Waals surface area (Å²) in [6.07, 6.45) is 2.46. The summed E-state index contributed by atoms with van der Waals surface area (Å²) in [4.78, 5) is 15.3. The molecule has 0 saturated carbocycles. The maximum absolute atomic E-state index is 11.4. The summed E-state index contributed by atoms with van der Waals surface area (Å²) in [5.41, 5.74) is 5.57. The van der Waals surface area contributed by atoms with Crippen LogP contribution in [0.4, 0.5) is 5.82 Å². The van der Waals surface area contributed by atoms with Gasteiger partial charge in [-0.1, -0.05) is 6.92 Å². The molecular formula is C11H17N3O2. The molecule has 5 heteroatoms. The zero-order chi connectivity index (χ0) is 12.0. The van der Waals surface area contributed by atoms with E-state index in [0.29, 0.717) is 11.6 Å². The van der Waals surface area contributed by atoms with Gasteiger partial charge in [0.2, 0.25) is 0 Å². The summed E-state index contributed by atoms with van der Waals surface area (Å²) in [6, 6.07) is 3.54. The molecule has 0 radical (unpaired) electrons. The summed E-state index contributed by atoms with van der Waals surface area (Å²) in [7, 11) is 0. The smallest absolute Gasteiger partial charge is 0.258 e. The summed E-state index contributed by atoms with van der Waals surface area (Å²) in [6.45, 7) is 3.90. The highest BCUT2D eigenvalue weighted by molar-refractivity contribution is 5.77. The molecule has 88 valence electrons. The lowest BCUT2D eigenvalue weighted by atomic mass is 10.2. The van der Waals surface area contributed by atoms with E-state index in [4.69, 9.17) is 10.5 Å². The number of pyridine rings is 1. The molecule has 0 fully saturated rings. The van der Waals surface area contributed by atoms with Crippen LogP contribution >= 0.6 is 0 Å². The van der Waals surface area contributed by atoms with Gasteiger partial charge >= 0.3 is 0 Å². The number of carbonyl (C=O) groups is 1. The maximum atomic E-state index is 11.4. The predicted molar refractivity (Wildman–Crippen MR) is 62.0 cm³/mol. The minimum atomic E-state index is -0.155. The van der Waals surface area contributed by atoms with Crippen molar-refractivity contribution in [3.05, 3.63) is 18.3 Å². The number of amides is 1. The number of nitrogens with two attached hydrogens (primary N) is 1. The molecule has 1 heterocycles. The molecule has 1 aromatic heterocycles. The average Bonchev–Trinajstić information content (AvgIpc) is 2.28. The minimum Gasteiger partial charge on any atom is -0.480 e. The summed E-state index contributed by atoms with van der Waals surface area (Å²) in [5.74, 6) is 0.568. The third kappa shape index (κ3) is 3.76. The standard InChI is InChI=1S/C11H17N3O2/c1-3-8(2)14-10(15)7-16-9-5-4-6-13-11(9)12/h4-6,8H,3,7H2,1-2H3,(H2,12,13)(H,14,15). The molecule has 16 heavy (non-hydrogen) atoms. The topological polar surface area (TPSA) is 77.2 Å². The molecule has 5 nitrogen and oxygen atoms in total. The van der Waals surface area contributed by atoms with E-state index in [1.807, 2.05) is 13.8 Å². The van der Waals surface area contributed by atoms with Gasteiger partial charge < -0.3 is 15.8 Å². The Morgan fingerprint density at radius 1 is 1.69 bits per heavy atom. The van der Waals surface area contributed by atoms with Crippen LogP contribution in [0, 0.1) is 0 Å². The Morgan fingerprint density at radius 2 is 2.44 bits per heavy atom. The van der Waals surface area contributed by atoms with Gasteiger partial charge in [0.15, 0.2) is 18.2 Å². The Labute approximate surface area is 95.0 Å². The van der Waals surface area contributed by atoms with Crippen LogP contribution in [0.15, 0.2) is 18.3 Å². The monoisotopic (exact) mass is 223 g/mol.